The lowest BCUT2D eigenvalue weighted by Crippen LogP contribution is -2.36. The van der Waals surface area contributed by atoms with Gasteiger partial charge >= 0.3 is 0 Å². The zero-order valence-corrected chi connectivity index (χ0v) is 17.8. The van der Waals surface area contributed by atoms with Gasteiger partial charge in [-0.05, 0) is 30.2 Å². The molecule has 0 saturated carbocycles. The van der Waals surface area contributed by atoms with Crippen LogP contribution in [0.4, 0.5) is 0 Å². The van der Waals surface area contributed by atoms with Gasteiger partial charge in [0.25, 0.3) is 10.1 Å². The Morgan fingerprint density at radius 1 is 1.21 bits per heavy atom. The van der Waals surface area contributed by atoms with Crippen molar-refractivity contribution in [2.75, 3.05) is 39.0 Å². The van der Waals surface area contributed by atoms with E-state index < -0.39 is 10.1 Å². The molecule has 0 bridgehead atoms. The van der Waals surface area contributed by atoms with E-state index in [-0.39, 0.29) is 24.8 Å². The topological polar surface area (TPSA) is 84.0 Å². The molecule has 10 heteroatoms. The first kappa shape index (κ1) is 22.7. The van der Waals surface area contributed by atoms with E-state index in [1.165, 1.54) is 6.08 Å². The molecule has 0 spiro atoms. The van der Waals surface area contributed by atoms with Crippen LogP contribution in [0, 0.1) is 0 Å². The Morgan fingerprint density at radius 3 is 2.64 bits per heavy atom. The van der Waals surface area contributed by atoms with Crippen LogP contribution in [0.1, 0.15) is 18.4 Å². The fourth-order valence-electron chi connectivity index (χ4n) is 2.68. The maximum absolute atomic E-state index is 12.4. The van der Waals surface area contributed by atoms with Crippen LogP contribution in [0.15, 0.2) is 24.3 Å². The van der Waals surface area contributed by atoms with Crippen molar-refractivity contribution in [3.8, 4) is 0 Å². The first-order valence-electron chi connectivity index (χ1n) is 8.70. The van der Waals surface area contributed by atoms with Gasteiger partial charge in [0.2, 0.25) is 11.8 Å². The van der Waals surface area contributed by atoms with Crippen molar-refractivity contribution in [3.05, 3.63) is 39.9 Å². The molecule has 2 rings (SSSR count). The Bertz CT molecular complexity index is 858. The molecule has 0 aromatic heterocycles. The standard InChI is InChI=1S/C18H22Cl2N2O5S/c1-28(25,26)27-12-2-8-21-10-11-22(9-7-18(21)24)17(23)6-4-14-3-5-15(19)16(20)13-14/h3-6,13H,2,7-12H2,1H3. The van der Waals surface area contributed by atoms with Gasteiger partial charge in [-0.3, -0.25) is 13.8 Å². The molecule has 1 aliphatic rings. The molecular formula is C18H22Cl2N2O5S. The number of halogens is 2. The van der Waals surface area contributed by atoms with Crippen molar-refractivity contribution in [1.29, 1.82) is 0 Å². The van der Waals surface area contributed by atoms with Gasteiger partial charge in [-0.15, -0.1) is 0 Å². The molecule has 1 aliphatic heterocycles. The third-order valence-corrected chi connectivity index (χ3v) is 5.47. The average Bonchev–Trinajstić information content (AvgIpc) is 2.80. The van der Waals surface area contributed by atoms with Crippen LogP contribution >= 0.6 is 23.2 Å². The van der Waals surface area contributed by atoms with Crippen LogP contribution in [0.5, 0.6) is 0 Å². The van der Waals surface area contributed by atoms with Crippen molar-refractivity contribution in [1.82, 2.24) is 9.80 Å². The zero-order valence-electron chi connectivity index (χ0n) is 15.4. The maximum Gasteiger partial charge on any atom is 0.264 e. The van der Waals surface area contributed by atoms with E-state index in [2.05, 4.69) is 4.18 Å². The Hall–Kier alpha value is -1.61. The summed E-state index contributed by atoms with van der Waals surface area (Å²) in [5, 5.41) is 0.852. The van der Waals surface area contributed by atoms with E-state index in [4.69, 9.17) is 23.2 Å². The van der Waals surface area contributed by atoms with Gasteiger partial charge in [0.1, 0.15) is 0 Å². The second-order valence-corrected chi connectivity index (χ2v) is 8.80. The van der Waals surface area contributed by atoms with Crippen LogP contribution in [-0.4, -0.2) is 69.1 Å². The van der Waals surface area contributed by atoms with Crippen LogP contribution < -0.4 is 0 Å². The average molecular weight is 449 g/mol. The minimum Gasteiger partial charge on any atom is -0.341 e. The van der Waals surface area contributed by atoms with Crippen molar-refractivity contribution in [2.24, 2.45) is 0 Å². The largest absolute Gasteiger partial charge is 0.341 e. The molecule has 7 nitrogen and oxygen atoms in total. The lowest BCUT2D eigenvalue weighted by Gasteiger charge is -2.21. The van der Waals surface area contributed by atoms with Crippen molar-refractivity contribution in [2.45, 2.75) is 12.8 Å². The van der Waals surface area contributed by atoms with Gasteiger partial charge < -0.3 is 9.80 Å². The highest BCUT2D eigenvalue weighted by Crippen LogP contribution is 2.23. The Kier molecular flexibility index (Phi) is 8.30. The highest BCUT2D eigenvalue weighted by molar-refractivity contribution is 7.85. The summed E-state index contributed by atoms with van der Waals surface area (Å²) in [5.74, 6) is -0.260. The van der Waals surface area contributed by atoms with Gasteiger partial charge in [-0.25, -0.2) is 0 Å². The lowest BCUT2D eigenvalue weighted by atomic mass is 10.2. The molecule has 0 atom stereocenters. The van der Waals surface area contributed by atoms with Crippen molar-refractivity contribution >= 4 is 51.2 Å². The maximum atomic E-state index is 12.4. The number of hydrogen-bond donors (Lipinski definition) is 0. The summed E-state index contributed by atoms with van der Waals surface area (Å²) in [7, 11) is -3.48. The number of benzene rings is 1. The zero-order chi connectivity index (χ0) is 20.7. The Labute approximate surface area is 175 Å². The van der Waals surface area contributed by atoms with Crippen molar-refractivity contribution < 1.29 is 22.2 Å². The van der Waals surface area contributed by atoms with Gasteiger partial charge in [-0.2, -0.15) is 8.42 Å². The number of hydrogen-bond acceptors (Lipinski definition) is 5. The van der Waals surface area contributed by atoms with Crippen LogP contribution in [-0.2, 0) is 23.9 Å². The highest BCUT2D eigenvalue weighted by atomic mass is 35.5. The number of nitrogens with zero attached hydrogens (tertiary/aromatic N) is 2. The van der Waals surface area contributed by atoms with Crippen LogP contribution in [0.3, 0.4) is 0 Å². The minimum absolute atomic E-state index is 0.0254. The SMILES string of the molecule is CS(=O)(=O)OCCCN1CCN(C(=O)C=Cc2ccc(Cl)c(Cl)c2)CCC1=O. The number of carbonyl (C=O) groups excluding carboxylic acids is 2. The summed E-state index contributed by atoms with van der Waals surface area (Å²) in [6.45, 7) is 1.54. The molecule has 1 fully saturated rings. The molecular weight excluding hydrogens is 427 g/mol. The normalized spacial score (nSPS) is 15.9. The van der Waals surface area contributed by atoms with E-state index in [9.17, 15) is 18.0 Å². The molecule has 1 heterocycles. The van der Waals surface area contributed by atoms with Gasteiger partial charge in [-0.1, -0.05) is 29.3 Å². The summed E-state index contributed by atoms with van der Waals surface area (Å²) in [4.78, 5) is 27.9. The van der Waals surface area contributed by atoms with Gasteiger partial charge in [0, 0.05) is 38.7 Å². The molecule has 0 radical (unpaired) electrons. The van der Waals surface area contributed by atoms with E-state index in [1.54, 1.807) is 34.1 Å². The molecule has 28 heavy (non-hydrogen) atoms. The fourth-order valence-corrected chi connectivity index (χ4v) is 3.41. The quantitative estimate of drug-likeness (QED) is 0.363. The van der Waals surface area contributed by atoms with E-state index in [0.29, 0.717) is 42.6 Å². The molecule has 1 saturated heterocycles. The Morgan fingerprint density at radius 2 is 1.96 bits per heavy atom. The second kappa shape index (κ2) is 10.2. The molecule has 154 valence electrons. The summed E-state index contributed by atoms with van der Waals surface area (Å²) in [6, 6.07) is 5.08. The van der Waals surface area contributed by atoms with Gasteiger partial charge in [0.05, 0.1) is 22.9 Å². The fraction of sp³-hybridized carbons (Fsp3) is 0.444. The van der Waals surface area contributed by atoms with Gasteiger partial charge in [0.15, 0.2) is 0 Å². The van der Waals surface area contributed by atoms with E-state index >= 15 is 0 Å². The third kappa shape index (κ3) is 7.43. The smallest absolute Gasteiger partial charge is 0.264 e. The molecule has 1 aromatic rings. The van der Waals surface area contributed by atoms with E-state index in [1.807, 2.05) is 0 Å². The summed E-state index contributed by atoms with van der Waals surface area (Å²) < 4.78 is 26.6. The number of amides is 2. The predicted molar refractivity (Wildman–Crippen MR) is 109 cm³/mol. The second-order valence-electron chi connectivity index (χ2n) is 6.34. The van der Waals surface area contributed by atoms with E-state index in [0.717, 1.165) is 11.8 Å². The monoisotopic (exact) mass is 448 g/mol. The molecule has 2 amide bonds. The highest BCUT2D eigenvalue weighted by Gasteiger charge is 2.22. The minimum atomic E-state index is -3.48. The van der Waals surface area contributed by atoms with Crippen molar-refractivity contribution in [3.63, 3.8) is 0 Å². The molecule has 0 N–H and O–H groups in total. The number of carbonyl (C=O) groups is 2. The predicted octanol–water partition coefficient (Wildman–Crippen LogP) is 2.43. The lowest BCUT2D eigenvalue weighted by molar-refractivity contribution is -0.130. The third-order valence-electron chi connectivity index (χ3n) is 4.13. The van der Waals surface area contributed by atoms with Crippen LogP contribution in [0.2, 0.25) is 10.0 Å². The van der Waals surface area contributed by atoms with Crippen LogP contribution in [0.25, 0.3) is 6.08 Å². The summed E-state index contributed by atoms with van der Waals surface area (Å²) in [5.41, 5.74) is 0.751. The summed E-state index contributed by atoms with van der Waals surface area (Å²) >= 11 is 11.8. The molecule has 0 unspecified atom stereocenters. The summed E-state index contributed by atoms with van der Waals surface area (Å²) in [6.07, 6.45) is 4.71. The molecule has 0 aliphatic carbocycles. The Balaban J connectivity index is 1.87. The first-order valence-corrected chi connectivity index (χ1v) is 11.3. The molecule has 1 aromatic carbocycles. The first-order chi connectivity index (χ1) is 13.2. The number of rotatable bonds is 7.